The lowest BCUT2D eigenvalue weighted by atomic mass is 9.82. The average molecular weight is 583 g/mol. The summed E-state index contributed by atoms with van der Waals surface area (Å²) in [6, 6.07) is 7.99. The van der Waals surface area contributed by atoms with Crippen molar-refractivity contribution in [3.8, 4) is 17.0 Å². The van der Waals surface area contributed by atoms with Crippen molar-refractivity contribution in [3.05, 3.63) is 35.8 Å². The second-order valence-electron chi connectivity index (χ2n) is 14.1. The molecule has 3 aliphatic heterocycles. The Labute approximate surface area is 247 Å². The fraction of sp³-hybridized carbons (Fsp3) is 0.656. The van der Waals surface area contributed by atoms with Gasteiger partial charge in [-0.25, -0.2) is 19.0 Å². The van der Waals surface area contributed by atoms with Crippen LogP contribution in [0.1, 0.15) is 90.6 Å². The maximum absolute atomic E-state index is 14.0. The van der Waals surface area contributed by atoms with Gasteiger partial charge in [0.25, 0.3) is 0 Å². The van der Waals surface area contributed by atoms with E-state index in [2.05, 4.69) is 25.5 Å². The first kappa shape index (κ1) is 28.8. The van der Waals surface area contributed by atoms with Crippen molar-refractivity contribution in [1.29, 1.82) is 0 Å². The van der Waals surface area contributed by atoms with Crippen molar-refractivity contribution < 1.29 is 28.2 Å². The first-order chi connectivity index (χ1) is 19.7. The predicted molar refractivity (Wildman–Crippen MR) is 155 cm³/mol. The lowest BCUT2D eigenvalue weighted by Gasteiger charge is -2.45. The molecular formula is C32H43FN4O5. The summed E-state index contributed by atoms with van der Waals surface area (Å²) >= 11 is 0. The molecular weight excluding hydrogens is 539 g/mol. The molecule has 2 amide bonds. The van der Waals surface area contributed by atoms with Crippen molar-refractivity contribution in [2.45, 2.75) is 101 Å². The van der Waals surface area contributed by atoms with E-state index in [0.29, 0.717) is 45.3 Å². The van der Waals surface area contributed by atoms with E-state index in [4.69, 9.17) is 19.2 Å². The number of carbonyl (C=O) groups excluding carboxylic acids is 2. The van der Waals surface area contributed by atoms with Crippen LogP contribution in [0.2, 0.25) is 0 Å². The van der Waals surface area contributed by atoms with Gasteiger partial charge in [0.2, 0.25) is 0 Å². The predicted octanol–water partition coefficient (Wildman–Crippen LogP) is 6.30. The Morgan fingerprint density at radius 1 is 1.07 bits per heavy atom. The number of amides is 2. The molecule has 1 spiro atoms. The van der Waals surface area contributed by atoms with Crippen LogP contribution in [-0.2, 0) is 22.1 Å². The van der Waals surface area contributed by atoms with Crippen molar-refractivity contribution in [3.63, 3.8) is 0 Å². The Balaban J connectivity index is 1.26. The third-order valence-corrected chi connectivity index (χ3v) is 9.24. The lowest BCUT2D eigenvalue weighted by molar-refractivity contribution is -0.0141. The highest BCUT2D eigenvalue weighted by Crippen LogP contribution is 2.51. The fourth-order valence-corrected chi connectivity index (χ4v) is 6.83. The maximum Gasteiger partial charge on any atom is 0.410 e. The summed E-state index contributed by atoms with van der Waals surface area (Å²) in [5, 5.41) is 0. The first-order valence-corrected chi connectivity index (χ1v) is 15.2. The Morgan fingerprint density at radius 3 is 2.40 bits per heavy atom. The van der Waals surface area contributed by atoms with Crippen LogP contribution < -0.4 is 4.74 Å². The van der Waals surface area contributed by atoms with Crippen LogP contribution in [0.4, 0.5) is 14.0 Å². The minimum atomic E-state index is -1.33. The van der Waals surface area contributed by atoms with Gasteiger partial charge in [-0.3, -0.25) is 0 Å². The summed E-state index contributed by atoms with van der Waals surface area (Å²) in [6.45, 7) is 11.2. The minimum absolute atomic E-state index is 0.143. The van der Waals surface area contributed by atoms with Gasteiger partial charge in [-0.05, 0) is 72.4 Å². The topological polar surface area (TPSA) is 86.1 Å². The van der Waals surface area contributed by atoms with Gasteiger partial charge in [-0.1, -0.05) is 12.1 Å². The summed E-state index contributed by atoms with van der Waals surface area (Å²) in [5.41, 5.74) is -0.0312. The summed E-state index contributed by atoms with van der Waals surface area (Å²) in [5.74, 6) is 1.92. The first-order valence-electron chi connectivity index (χ1n) is 15.2. The lowest BCUT2D eigenvalue weighted by Crippen LogP contribution is -2.54. The van der Waals surface area contributed by atoms with Crippen LogP contribution in [0.3, 0.4) is 0 Å². The summed E-state index contributed by atoms with van der Waals surface area (Å²) < 4.78 is 34.0. The van der Waals surface area contributed by atoms with E-state index in [1.54, 1.807) is 4.90 Å². The zero-order valence-electron chi connectivity index (χ0n) is 25.7. The number of imidazole rings is 1. The van der Waals surface area contributed by atoms with Gasteiger partial charge >= 0.3 is 12.2 Å². The Bertz CT molecular complexity index is 1380. The highest BCUT2D eigenvalue weighted by Gasteiger charge is 2.50. The number of alkyl halides is 1. The third-order valence-electron chi connectivity index (χ3n) is 9.24. The molecule has 42 heavy (non-hydrogen) atoms. The Morgan fingerprint density at radius 2 is 1.76 bits per heavy atom. The molecule has 4 aliphatic rings. The van der Waals surface area contributed by atoms with Crippen LogP contribution in [0, 0.1) is 0 Å². The van der Waals surface area contributed by atoms with Crippen molar-refractivity contribution in [2.75, 3.05) is 26.2 Å². The van der Waals surface area contributed by atoms with Crippen LogP contribution in [0.5, 0.6) is 5.75 Å². The molecule has 0 radical (unpaired) electrons. The van der Waals surface area contributed by atoms with E-state index >= 15 is 0 Å². The molecule has 1 aromatic carbocycles. The molecule has 6 rings (SSSR count). The normalized spacial score (nSPS) is 23.5. The van der Waals surface area contributed by atoms with E-state index in [1.807, 2.05) is 49.9 Å². The number of nitrogens with zero attached hydrogens (tertiary/aromatic N) is 4. The van der Waals surface area contributed by atoms with E-state index in [1.165, 1.54) is 0 Å². The Hall–Kier alpha value is -3.30. The van der Waals surface area contributed by atoms with Gasteiger partial charge in [-0.2, -0.15) is 0 Å². The Kier molecular flexibility index (Phi) is 6.77. The standard InChI is InChI=1S/C32H43FN4O5/c1-29(2,3)42-28(39)37-16-11-21(19-30(37,4)5)26-34-24-22-9-7-8-10-23(22)41-32(25(24)35(26)6)14-17-36(18-15-32)27(38)40-20-31(33)12-13-31/h7-10,21H,11-20H2,1-6H3/t21-/m1/s1. The molecule has 2 saturated heterocycles. The second kappa shape index (κ2) is 9.88. The minimum Gasteiger partial charge on any atom is -0.480 e. The molecule has 2 aromatic rings. The highest BCUT2D eigenvalue weighted by molar-refractivity contribution is 5.74. The number of hydrogen-bond donors (Lipinski definition) is 0. The summed E-state index contributed by atoms with van der Waals surface area (Å²) in [4.78, 5) is 34.5. The van der Waals surface area contributed by atoms with E-state index in [-0.39, 0.29) is 18.6 Å². The number of benzene rings is 1. The van der Waals surface area contributed by atoms with Crippen molar-refractivity contribution in [1.82, 2.24) is 19.4 Å². The number of ether oxygens (including phenoxy) is 3. The zero-order chi connectivity index (χ0) is 30.1. The van der Waals surface area contributed by atoms with Gasteiger partial charge in [-0.15, -0.1) is 0 Å². The molecule has 3 fully saturated rings. The molecule has 1 aromatic heterocycles. The van der Waals surface area contributed by atoms with Crippen LogP contribution in [-0.4, -0.2) is 74.6 Å². The maximum atomic E-state index is 14.0. The number of likely N-dealkylation sites (tertiary alicyclic amines) is 2. The van der Waals surface area contributed by atoms with Gasteiger partial charge in [0.05, 0.1) is 11.4 Å². The second-order valence-corrected chi connectivity index (χ2v) is 14.1. The molecule has 9 nitrogen and oxygen atoms in total. The van der Waals surface area contributed by atoms with Gasteiger partial charge in [0, 0.05) is 56.5 Å². The number of rotatable bonds is 3. The van der Waals surface area contributed by atoms with Crippen LogP contribution in [0.15, 0.2) is 24.3 Å². The third kappa shape index (κ3) is 5.22. The molecule has 10 heteroatoms. The van der Waals surface area contributed by atoms with E-state index in [0.717, 1.165) is 41.4 Å². The zero-order valence-corrected chi connectivity index (χ0v) is 25.7. The number of para-hydroxylation sites is 1. The SMILES string of the molecule is Cn1c([C@@H]2CCN(C(=O)OC(C)(C)C)C(C)(C)C2)nc2c1C1(CCN(C(=O)OCC3(F)CC3)CC1)Oc1ccccc1-2. The van der Waals surface area contributed by atoms with Crippen molar-refractivity contribution >= 4 is 12.2 Å². The van der Waals surface area contributed by atoms with E-state index < -0.39 is 28.5 Å². The van der Waals surface area contributed by atoms with Gasteiger partial charge in [0.1, 0.15) is 29.5 Å². The van der Waals surface area contributed by atoms with Crippen molar-refractivity contribution in [2.24, 2.45) is 7.05 Å². The van der Waals surface area contributed by atoms with Gasteiger partial charge < -0.3 is 28.6 Å². The van der Waals surface area contributed by atoms with Crippen LogP contribution in [0.25, 0.3) is 11.3 Å². The number of carbonyl (C=O) groups is 2. The summed E-state index contributed by atoms with van der Waals surface area (Å²) in [6.07, 6.45) is 2.85. The molecule has 1 aliphatic carbocycles. The number of halogens is 1. The number of fused-ring (bicyclic) bond motifs is 4. The monoisotopic (exact) mass is 582 g/mol. The number of aromatic nitrogens is 2. The molecule has 1 saturated carbocycles. The number of piperidine rings is 2. The van der Waals surface area contributed by atoms with Crippen LogP contribution >= 0.6 is 0 Å². The fourth-order valence-electron chi connectivity index (χ4n) is 6.83. The highest BCUT2D eigenvalue weighted by atomic mass is 19.1. The van der Waals surface area contributed by atoms with Gasteiger partial charge in [0.15, 0.2) is 5.60 Å². The smallest absolute Gasteiger partial charge is 0.410 e. The molecule has 1 atom stereocenters. The molecule has 228 valence electrons. The molecule has 0 N–H and O–H groups in total. The molecule has 4 heterocycles. The number of hydrogen-bond acceptors (Lipinski definition) is 6. The molecule has 0 unspecified atom stereocenters. The average Bonchev–Trinajstić information content (AvgIpc) is 3.54. The molecule has 0 bridgehead atoms. The van der Waals surface area contributed by atoms with E-state index in [9.17, 15) is 14.0 Å². The largest absolute Gasteiger partial charge is 0.480 e. The quantitative estimate of drug-likeness (QED) is 0.422. The summed E-state index contributed by atoms with van der Waals surface area (Å²) in [7, 11) is 2.06.